The molecular weight excluding hydrogens is 320 g/mol. The van der Waals surface area contributed by atoms with Crippen molar-refractivity contribution < 1.29 is 14.2 Å². The molecule has 3 heterocycles. The van der Waals surface area contributed by atoms with Gasteiger partial charge in [0.25, 0.3) is 11.6 Å². The lowest BCUT2D eigenvalue weighted by Gasteiger charge is -2.23. The molecule has 2 aliphatic heterocycles. The van der Waals surface area contributed by atoms with E-state index in [4.69, 9.17) is 14.2 Å². The Hall–Kier alpha value is -2.50. The Kier molecular flexibility index (Phi) is 3.43. The van der Waals surface area contributed by atoms with Gasteiger partial charge in [-0.15, -0.1) is 0 Å². The Morgan fingerprint density at radius 1 is 1.20 bits per heavy atom. The van der Waals surface area contributed by atoms with Gasteiger partial charge in [-0.1, -0.05) is 12.5 Å². The van der Waals surface area contributed by atoms with Crippen molar-refractivity contribution in [1.82, 2.24) is 9.55 Å². The first-order chi connectivity index (χ1) is 12.3. The van der Waals surface area contributed by atoms with E-state index < -0.39 is 0 Å². The number of benzene rings is 1. The van der Waals surface area contributed by atoms with Gasteiger partial charge >= 0.3 is 0 Å². The number of nitrogens with zero attached hydrogens (tertiary/aromatic N) is 2. The second-order valence-electron chi connectivity index (χ2n) is 7.00. The molecule has 25 heavy (non-hydrogen) atoms. The molecule has 0 N–H and O–H groups in total. The zero-order valence-electron chi connectivity index (χ0n) is 13.9. The van der Waals surface area contributed by atoms with Crippen molar-refractivity contribution in [2.24, 2.45) is 0 Å². The van der Waals surface area contributed by atoms with Gasteiger partial charge in [0.05, 0.1) is 6.54 Å². The third-order valence-corrected chi connectivity index (χ3v) is 5.32. The van der Waals surface area contributed by atoms with E-state index in [-0.39, 0.29) is 11.7 Å². The standard InChI is InChI=1S/C19H20N2O4/c22-18-7-8-21-10-13(24-19(21)20-18)11-23-12-5-6-15-14-3-1-2-4-16(14)25-17(15)9-12/h5-9,13-14,16H,1-4,10-11H2. The average Bonchev–Trinajstić information content (AvgIpc) is 3.19. The van der Waals surface area contributed by atoms with Crippen LogP contribution in [0.3, 0.4) is 0 Å². The fraction of sp³-hybridized carbons (Fsp3) is 0.474. The second kappa shape index (κ2) is 5.79. The predicted molar refractivity (Wildman–Crippen MR) is 90.5 cm³/mol. The van der Waals surface area contributed by atoms with Gasteiger partial charge in [0.2, 0.25) is 0 Å². The second-order valence-corrected chi connectivity index (χ2v) is 7.00. The number of hydrogen-bond acceptors (Lipinski definition) is 5. The van der Waals surface area contributed by atoms with E-state index in [1.165, 1.54) is 30.9 Å². The Morgan fingerprint density at radius 2 is 2.12 bits per heavy atom. The van der Waals surface area contributed by atoms with E-state index in [9.17, 15) is 4.79 Å². The fourth-order valence-corrected chi connectivity index (χ4v) is 4.10. The highest BCUT2D eigenvalue weighted by Crippen LogP contribution is 2.46. The van der Waals surface area contributed by atoms with E-state index in [2.05, 4.69) is 11.1 Å². The van der Waals surface area contributed by atoms with Crippen LogP contribution in [0, 0.1) is 0 Å². The number of aromatic nitrogens is 2. The van der Waals surface area contributed by atoms with Gasteiger partial charge in [0, 0.05) is 29.8 Å². The minimum atomic E-state index is -0.287. The van der Waals surface area contributed by atoms with Crippen LogP contribution in [0.5, 0.6) is 17.5 Å². The summed E-state index contributed by atoms with van der Waals surface area (Å²) in [6, 6.07) is 7.96. The summed E-state index contributed by atoms with van der Waals surface area (Å²) in [5.41, 5.74) is 1.04. The largest absolute Gasteiger partial charge is 0.490 e. The van der Waals surface area contributed by atoms with Gasteiger partial charge in [0.1, 0.15) is 24.2 Å². The SMILES string of the molecule is O=c1ccn2c(n1)OC(COc1ccc3c(c1)OC1CCCCC31)C2. The minimum absolute atomic E-state index is 0.147. The van der Waals surface area contributed by atoms with Crippen LogP contribution in [0.4, 0.5) is 0 Å². The molecule has 0 saturated heterocycles. The zero-order chi connectivity index (χ0) is 16.8. The number of hydrogen-bond donors (Lipinski definition) is 0. The first-order valence-corrected chi connectivity index (χ1v) is 8.94. The molecule has 2 aromatic rings. The van der Waals surface area contributed by atoms with E-state index in [1.807, 2.05) is 16.7 Å². The lowest BCUT2D eigenvalue weighted by Crippen LogP contribution is -2.23. The van der Waals surface area contributed by atoms with Crippen LogP contribution >= 0.6 is 0 Å². The first kappa shape index (κ1) is 14.8. The molecule has 1 aromatic heterocycles. The maximum absolute atomic E-state index is 11.3. The topological polar surface area (TPSA) is 62.6 Å². The van der Waals surface area contributed by atoms with E-state index in [0.29, 0.717) is 31.2 Å². The molecule has 3 atom stereocenters. The maximum Gasteiger partial charge on any atom is 0.300 e. The molecule has 1 fully saturated rings. The van der Waals surface area contributed by atoms with Crippen LogP contribution in [0.15, 0.2) is 35.3 Å². The Balaban J connectivity index is 1.25. The van der Waals surface area contributed by atoms with Crippen molar-refractivity contribution in [1.29, 1.82) is 0 Å². The summed E-state index contributed by atoms with van der Waals surface area (Å²) in [5, 5.41) is 0. The molecule has 1 aromatic carbocycles. The van der Waals surface area contributed by atoms with E-state index in [0.717, 1.165) is 17.9 Å². The summed E-state index contributed by atoms with van der Waals surface area (Å²) >= 11 is 0. The lowest BCUT2D eigenvalue weighted by atomic mass is 9.83. The van der Waals surface area contributed by atoms with Crippen molar-refractivity contribution in [3.8, 4) is 17.5 Å². The van der Waals surface area contributed by atoms with Gasteiger partial charge in [-0.05, 0) is 25.3 Å². The van der Waals surface area contributed by atoms with Gasteiger partial charge < -0.3 is 14.2 Å². The monoisotopic (exact) mass is 340 g/mol. The van der Waals surface area contributed by atoms with E-state index in [1.54, 1.807) is 6.20 Å². The fourth-order valence-electron chi connectivity index (χ4n) is 4.10. The molecule has 0 bridgehead atoms. The maximum atomic E-state index is 11.3. The quantitative estimate of drug-likeness (QED) is 0.859. The van der Waals surface area contributed by atoms with Crippen molar-refractivity contribution in [2.45, 2.75) is 50.4 Å². The third-order valence-electron chi connectivity index (χ3n) is 5.32. The molecule has 5 rings (SSSR count). The molecule has 130 valence electrons. The highest BCUT2D eigenvalue weighted by Gasteiger charge is 2.36. The molecule has 6 heteroatoms. The number of fused-ring (bicyclic) bond motifs is 4. The molecule has 1 saturated carbocycles. The molecule has 0 radical (unpaired) electrons. The number of ether oxygens (including phenoxy) is 3. The first-order valence-electron chi connectivity index (χ1n) is 8.94. The van der Waals surface area contributed by atoms with Crippen LogP contribution in [0.2, 0.25) is 0 Å². The highest BCUT2D eigenvalue weighted by molar-refractivity contribution is 5.46. The number of rotatable bonds is 3. The van der Waals surface area contributed by atoms with Gasteiger partial charge in [-0.3, -0.25) is 9.36 Å². The van der Waals surface area contributed by atoms with Crippen LogP contribution in [-0.4, -0.2) is 28.4 Å². The normalized spacial score (nSPS) is 26.2. The minimum Gasteiger partial charge on any atom is -0.490 e. The predicted octanol–water partition coefficient (Wildman–Crippen LogP) is 2.50. The molecule has 3 unspecified atom stereocenters. The summed E-state index contributed by atoms with van der Waals surface area (Å²) in [6.45, 7) is 1.04. The van der Waals surface area contributed by atoms with Crippen molar-refractivity contribution in [3.05, 3.63) is 46.4 Å². The van der Waals surface area contributed by atoms with E-state index >= 15 is 0 Å². The smallest absolute Gasteiger partial charge is 0.300 e. The average molecular weight is 340 g/mol. The summed E-state index contributed by atoms with van der Waals surface area (Å²) in [4.78, 5) is 15.1. The summed E-state index contributed by atoms with van der Waals surface area (Å²) in [6.07, 6.45) is 6.82. The summed E-state index contributed by atoms with van der Waals surface area (Å²) < 4.78 is 19.5. The van der Waals surface area contributed by atoms with Crippen molar-refractivity contribution in [3.63, 3.8) is 0 Å². The zero-order valence-corrected chi connectivity index (χ0v) is 13.9. The molecule has 6 nitrogen and oxygen atoms in total. The Labute approximate surface area is 145 Å². The van der Waals surface area contributed by atoms with Crippen LogP contribution < -0.4 is 19.8 Å². The molecule has 3 aliphatic rings. The molecular formula is C19H20N2O4. The lowest BCUT2D eigenvalue weighted by molar-refractivity contribution is 0.142. The van der Waals surface area contributed by atoms with Crippen molar-refractivity contribution in [2.75, 3.05) is 6.61 Å². The highest BCUT2D eigenvalue weighted by atomic mass is 16.6. The van der Waals surface area contributed by atoms with Gasteiger partial charge in [-0.2, -0.15) is 4.98 Å². The molecule has 1 aliphatic carbocycles. The summed E-state index contributed by atoms with van der Waals surface area (Å²) in [7, 11) is 0. The summed E-state index contributed by atoms with van der Waals surface area (Å²) in [5.74, 6) is 2.31. The molecule has 0 spiro atoms. The van der Waals surface area contributed by atoms with Gasteiger partial charge in [0.15, 0.2) is 6.10 Å². The van der Waals surface area contributed by atoms with Gasteiger partial charge in [-0.25, -0.2) is 0 Å². The van der Waals surface area contributed by atoms with Crippen LogP contribution in [-0.2, 0) is 6.54 Å². The van der Waals surface area contributed by atoms with Crippen LogP contribution in [0.1, 0.15) is 37.2 Å². The Morgan fingerprint density at radius 3 is 3.08 bits per heavy atom. The third kappa shape index (κ3) is 2.65. The van der Waals surface area contributed by atoms with Crippen molar-refractivity contribution >= 4 is 0 Å². The molecule has 0 amide bonds. The van der Waals surface area contributed by atoms with Crippen LogP contribution in [0.25, 0.3) is 0 Å². The Bertz CT molecular complexity index is 863.